The van der Waals surface area contributed by atoms with Gasteiger partial charge in [0.15, 0.2) is 0 Å². The summed E-state index contributed by atoms with van der Waals surface area (Å²) in [5.41, 5.74) is 0. The van der Waals surface area contributed by atoms with Gasteiger partial charge in [0.1, 0.15) is 0 Å². The summed E-state index contributed by atoms with van der Waals surface area (Å²) < 4.78 is 26.9. The highest BCUT2D eigenvalue weighted by molar-refractivity contribution is 7.89. The fourth-order valence-corrected chi connectivity index (χ4v) is 5.08. The van der Waals surface area contributed by atoms with Crippen LogP contribution in [0.25, 0.3) is 0 Å². The summed E-state index contributed by atoms with van der Waals surface area (Å²) >= 11 is 1.19. The minimum absolute atomic E-state index is 0.0836. The largest absolute Gasteiger partial charge is 0.349 e. The molecule has 1 amide bonds. The molecular weight excluding hydrogens is 320 g/mol. The van der Waals surface area contributed by atoms with E-state index in [9.17, 15) is 13.2 Å². The average Bonchev–Trinajstić information content (AvgIpc) is 2.83. The molecule has 22 heavy (non-hydrogen) atoms. The summed E-state index contributed by atoms with van der Waals surface area (Å²) in [6, 6.07) is 1.59. The van der Waals surface area contributed by atoms with Crippen molar-refractivity contribution in [2.24, 2.45) is 0 Å². The molecule has 1 fully saturated rings. The number of nitrogens with zero attached hydrogens (tertiary/aromatic N) is 1. The van der Waals surface area contributed by atoms with Crippen molar-refractivity contribution in [1.82, 2.24) is 9.62 Å². The lowest BCUT2D eigenvalue weighted by Crippen LogP contribution is -2.32. The van der Waals surface area contributed by atoms with Crippen LogP contribution in [0, 0.1) is 0 Å². The summed E-state index contributed by atoms with van der Waals surface area (Å²) in [5.74, 6) is -0.198. The van der Waals surface area contributed by atoms with Gasteiger partial charge in [-0.2, -0.15) is 4.31 Å². The van der Waals surface area contributed by atoms with E-state index in [2.05, 4.69) is 5.32 Å². The maximum atomic E-state index is 12.7. The lowest BCUT2D eigenvalue weighted by Gasteiger charge is -2.18. The Labute approximate surface area is 136 Å². The van der Waals surface area contributed by atoms with Crippen LogP contribution in [0.4, 0.5) is 0 Å². The summed E-state index contributed by atoms with van der Waals surface area (Å²) in [4.78, 5) is 12.8. The number of carbonyl (C=O) groups excluding carboxylic acids is 1. The monoisotopic (exact) mass is 344 g/mol. The molecule has 1 N–H and O–H groups in total. The van der Waals surface area contributed by atoms with Gasteiger partial charge in [0, 0.05) is 24.5 Å². The molecule has 7 heteroatoms. The zero-order valence-electron chi connectivity index (χ0n) is 13.2. The fraction of sp³-hybridized carbons (Fsp3) is 0.667. The third kappa shape index (κ3) is 4.08. The highest BCUT2D eigenvalue weighted by Crippen LogP contribution is 2.25. The van der Waals surface area contributed by atoms with Gasteiger partial charge in [0.25, 0.3) is 5.91 Å². The second-order valence-electron chi connectivity index (χ2n) is 5.75. The van der Waals surface area contributed by atoms with E-state index >= 15 is 0 Å². The third-order valence-electron chi connectivity index (χ3n) is 3.99. The van der Waals surface area contributed by atoms with Gasteiger partial charge in [-0.15, -0.1) is 11.3 Å². The number of hydrogen-bond acceptors (Lipinski definition) is 4. The Morgan fingerprint density at radius 2 is 1.95 bits per heavy atom. The lowest BCUT2D eigenvalue weighted by atomic mass is 10.2. The standard InChI is InChI=1S/C15H24N2O3S2/c1-3-12(2)16-15(18)14-10-13(11-21-14)22(19,20)17-8-6-4-5-7-9-17/h10-12H,3-9H2,1-2H3,(H,16,18). The Hall–Kier alpha value is -0.920. The van der Waals surface area contributed by atoms with Crippen LogP contribution in [-0.2, 0) is 10.0 Å². The van der Waals surface area contributed by atoms with Gasteiger partial charge < -0.3 is 5.32 Å². The highest BCUT2D eigenvalue weighted by atomic mass is 32.2. The Morgan fingerprint density at radius 3 is 2.55 bits per heavy atom. The van der Waals surface area contributed by atoms with Crippen molar-refractivity contribution < 1.29 is 13.2 Å². The molecule has 1 aliphatic heterocycles. The molecule has 0 aliphatic carbocycles. The minimum Gasteiger partial charge on any atom is -0.349 e. The van der Waals surface area contributed by atoms with Gasteiger partial charge in [0.2, 0.25) is 10.0 Å². The van der Waals surface area contributed by atoms with E-state index in [0.29, 0.717) is 18.0 Å². The second kappa shape index (κ2) is 7.57. The first kappa shape index (κ1) is 17.4. The molecule has 5 nitrogen and oxygen atoms in total. The smallest absolute Gasteiger partial charge is 0.261 e. The van der Waals surface area contributed by atoms with Crippen LogP contribution in [0.15, 0.2) is 16.3 Å². The summed E-state index contributed by atoms with van der Waals surface area (Å²) in [6.07, 6.45) is 4.82. The molecule has 1 saturated heterocycles. The maximum absolute atomic E-state index is 12.7. The van der Waals surface area contributed by atoms with Gasteiger partial charge in [0.05, 0.1) is 9.77 Å². The molecule has 1 unspecified atom stereocenters. The zero-order chi connectivity index (χ0) is 16.2. The molecule has 2 heterocycles. The van der Waals surface area contributed by atoms with Crippen molar-refractivity contribution in [2.45, 2.75) is 56.9 Å². The van der Waals surface area contributed by atoms with Crippen LogP contribution < -0.4 is 5.32 Å². The molecule has 1 atom stereocenters. The Morgan fingerprint density at radius 1 is 1.32 bits per heavy atom. The quantitative estimate of drug-likeness (QED) is 0.893. The van der Waals surface area contributed by atoms with Crippen molar-refractivity contribution in [1.29, 1.82) is 0 Å². The van der Waals surface area contributed by atoms with Crippen LogP contribution in [0.1, 0.15) is 55.6 Å². The van der Waals surface area contributed by atoms with Gasteiger partial charge in [-0.1, -0.05) is 19.8 Å². The molecule has 0 spiro atoms. The normalized spacial score (nSPS) is 18.6. The van der Waals surface area contributed by atoms with Crippen molar-refractivity contribution in [3.8, 4) is 0 Å². The maximum Gasteiger partial charge on any atom is 0.261 e. The second-order valence-corrected chi connectivity index (χ2v) is 8.60. The predicted molar refractivity (Wildman–Crippen MR) is 88.8 cm³/mol. The topological polar surface area (TPSA) is 66.5 Å². The molecule has 1 aromatic rings. The molecule has 1 aliphatic rings. The summed E-state index contributed by atoms with van der Waals surface area (Å²) in [5, 5.41) is 4.44. The summed E-state index contributed by atoms with van der Waals surface area (Å²) in [7, 11) is -3.47. The van der Waals surface area contributed by atoms with Crippen molar-refractivity contribution in [3.05, 3.63) is 16.3 Å². The molecule has 0 bridgehead atoms. The number of carbonyl (C=O) groups is 1. The van der Waals surface area contributed by atoms with E-state index in [1.165, 1.54) is 17.4 Å². The van der Waals surface area contributed by atoms with Crippen molar-refractivity contribution in [2.75, 3.05) is 13.1 Å². The number of nitrogens with one attached hydrogen (secondary N) is 1. The molecule has 2 rings (SSSR count). The lowest BCUT2D eigenvalue weighted by molar-refractivity contribution is 0.0943. The van der Waals surface area contributed by atoms with Crippen molar-refractivity contribution >= 4 is 27.3 Å². The fourth-order valence-electron chi connectivity index (χ4n) is 2.40. The Bertz CT molecular complexity index is 602. The van der Waals surface area contributed by atoms with Crippen LogP contribution in [-0.4, -0.2) is 37.8 Å². The first-order valence-corrected chi connectivity index (χ1v) is 10.2. The van der Waals surface area contributed by atoms with E-state index in [1.54, 1.807) is 9.69 Å². The molecule has 0 radical (unpaired) electrons. The van der Waals surface area contributed by atoms with Crippen LogP contribution >= 0.6 is 11.3 Å². The zero-order valence-corrected chi connectivity index (χ0v) is 14.8. The highest BCUT2D eigenvalue weighted by Gasteiger charge is 2.27. The van der Waals surface area contributed by atoms with Gasteiger partial charge >= 0.3 is 0 Å². The van der Waals surface area contributed by atoms with Gasteiger partial charge in [-0.25, -0.2) is 8.42 Å². The molecule has 0 aromatic carbocycles. The summed E-state index contributed by atoms with van der Waals surface area (Å²) in [6.45, 7) is 5.08. The van der Waals surface area contributed by atoms with Crippen LogP contribution in [0.2, 0.25) is 0 Å². The molecule has 124 valence electrons. The van der Waals surface area contributed by atoms with E-state index < -0.39 is 10.0 Å². The molecule has 0 saturated carbocycles. The molecular formula is C15H24N2O3S2. The Kier molecular flexibility index (Phi) is 6.00. The third-order valence-corrected chi connectivity index (χ3v) is 6.95. The minimum atomic E-state index is -3.47. The number of rotatable bonds is 5. The van der Waals surface area contributed by atoms with E-state index in [0.717, 1.165) is 32.1 Å². The number of amides is 1. The first-order chi connectivity index (χ1) is 10.4. The average molecular weight is 345 g/mol. The van der Waals surface area contributed by atoms with Crippen molar-refractivity contribution in [3.63, 3.8) is 0 Å². The van der Waals surface area contributed by atoms with Crippen LogP contribution in [0.5, 0.6) is 0 Å². The first-order valence-electron chi connectivity index (χ1n) is 7.84. The Balaban J connectivity index is 2.14. The predicted octanol–water partition coefficient (Wildman–Crippen LogP) is 2.84. The van der Waals surface area contributed by atoms with E-state index in [-0.39, 0.29) is 16.8 Å². The molecule has 1 aromatic heterocycles. The van der Waals surface area contributed by atoms with Crippen LogP contribution in [0.3, 0.4) is 0 Å². The van der Waals surface area contributed by atoms with Gasteiger partial charge in [-0.05, 0) is 32.3 Å². The van der Waals surface area contributed by atoms with E-state index in [1.807, 2.05) is 13.8 Å². The van der Waals surface area contributed by atoms with Gasteiger partial charge in [-0.3, -0.25) is 4.79 Å². The van der Waals surface area contributed by atoms with E-state index in [4.69, 9.17) is 0 Å². The number of sulfonamides is 1. The SMILES string of the molecule is CCC(C)NC(=O)c1cc(S(=O)(=O)N2CCCCCC2)cs1. The number of thiophene rings is 1. The number of hydrogen-bond donors (Lipinski definition) is 1.